The Morgan fingerprint density at radius 2 is 1.39 bits per heavy atom. The Morgan fingerprint density at radius 3 is 1.94 bits per heavy atom. The molecule has 1 heterocycles. The van der Waals surface area contributed by atoms with Gasteiger partial charge in [0.25, 0.3) is 0 Å². The van der Waals surface area contributed by atoms with Crippen molar-refractivity contribution in [2.45, 2.75) is 109 Å². The molecule has 15 heteroatoms. The average Bonchev–Trinajstić information content (AvgIpc) is 3.07. The number of nitrogens with one attached hydrogen (secondary N) is 3. The van der Waals surface area contributed by atoms with E-state index in [0.29, 0.717) is 44.3 Å². The van der Waals surface area contributed by atoms with Crippen LogP contribution in [0.15, 0.2) is 36.4 Å². The molecule has 11 N–H and O–H groups in total. The maximum absolute atomic E-state index is 14.3. The van der Waals surface area contributed by atoms with Crippen LogP contribution in [0.1, 0.15) is 83.6 Å². The molecule has 0 radical (unpaired) electrons. The third-order valence-corrected chi connectivity index (χ3v) is 8.61. The van der Waals surface area contributed by atoms with Gasteiger partial charge in [0.1, 0.15) is 23.9 Å². The predicted octanol–water partition coefficient (Wildman–Crippen LogP) is 0.817. The summed E-state index contributed by atoms with van der Waals surface area (Å²) in [5.74, 6) is -4.85. The number of hydrogen-bond donors (Lipinski definition) is 8. The molecule has 5 atom stereocenters. The van der Waals surface area contributed by atoms with E-state index in [-0.39, 0.29) is 56.7 Å². The van der Waals surface area contributed by atoms with E-state index < -0.39 is 72.0 Å². The molecule has 0 aromatic heterocycles. The first-order valence-electron chi connectivity index (χ1n) is 17.8. The summed E-state index contributed by atoms with van der Waals surface area (Å²) in [4.78, 5) is 81.1. The fourth-order valence-electron chi connectivity index (χ4n) is 5.80. The zero-order valence-electron chi connectivity index (χ0n) is 29.9. The SMILES string of the molecule is CC(C)C[C@H](CC(=O)CN(Cc1ccc(O)cc1)C(=O)[C@@H]1CC=CC[C@H](N)C(=O)N[C@@H](CCCCN)C(=O)N[C@@H](CCCCN)C(=O)N1)C(=O)O. The molecule has 0 saturated heterocycles. The van der Waals surface area contributed by atoms with E-state index in [4.69, 9.17) is 17.2 Å². The van der Waals surface area contributed by atoms with Gasteiger partial charge in [-0.3, -0.25) is 28.8 Å². The van der Waals surface area contributed by atoms with E-state index in [1.54, 1.807) is 24.3 Å². The molecule has 1 aliphatic rings. The van der Waals surface area contributed by atoms with Gasteiger partial charge in [-0.15, -0.1) is 0 Å². The second kappa shape index (κ2) is 22.5. The second-order valence-corrected chi connectivity index (χ2v) is 13.6. The number of amides is 4. The minimum Gasteiger partial charge on any atom is -0.508 e. The number of aromatic hydroxyl groups is 1. The van der Waals surface area contributed by atoms with Gasteiger partial charge >= 0.3 is 5.97 Å². The first-order valence-corrected chi connectivity index (χ1v) is 17.8. The molecule has 284 valence electrons. The van der Waals surface area contributed by atoms with E-state index in [2.05, 4.69) is 16.0 Å². The quantitative estimate of drug-likeness (QED) is 0.0779. The zero-order valence-corrected chi connectivity index (χ0v) is 29.9. The lowest BCUT2D eigenvalue weighted by Gasteiger charge is -2.30. The van der Waals surface area contributed by atoms with Crippen LogP contribution in [-0.2, 0) is 35.3 Å². The van der Waals surface area contributed by atoms with E-state index in [9.17, 15) is 39.0 Å². The lowest BCUT2D eigenvalue weighted by atomic mass is 9.92. The number of nitrogens with zero attached hydrogens (tertiary/aromatic N) is 1. The molecule has 0 saturated carbocycles. The number of carboxylic acid groups (broad SMARTS) is 1. The van der Waals surface area contributed by atoms with Gasteiger partial charge in [-0.1, -0.05) is 38.1 Å². The second-order valence-electron chi connectivity index (χ2n) is 13.6. The van der Waals surface area contributed by atoms with Gasteiger partial charge in [-0.05, 0) is 94.5 Å². The van der Waals surface area contributed by atoms with Crippen LogP contribution in [0.25, 0.3) is 0 Å². The Kier molecular flexibility index (Phi) is 18.9. The highest BCUT2D eigenvalue weighted by atomic mass is 16.4. The summed E-state index contributed by atoms with van der Waals surface area (Å²) in [6.45, 7) is 3.98. The van der Waals surface area contributed by atoms with Crippen molar-refractivity contribution in [1.29, 1.82) is 0 Å². The number of nitrogens with two attached hydrogens (primary N) is 3. The number of phenols is 1. The fourth-order valence-corrected chi connectivity index (χ4v) is 5.80. The molecule has 1 aromatic rings. The Morgan fingerprint density at radius 1 is 0.843 bits per heavy atom. The van der Waals surface area contributed by atoms with Crippen molar-refractivity contribution in [2.75, 3.05) is 19.6 Å². The van der Waals surface area contributed by atoms with Crippen LogP contribution in [0, 0.1) is 11.8 Å². The highest BCUT2D eigenvalue weighted by Crippen LogP contribution is 2.19. The topological polar surface area (TPSA) is 260 Å². The molecule has 0 unspecified atom stereocenters. The number of phenolic OH excluding ortho intramolecular Hbond substituents is 1. The van der Waals surface area contributed by atoms with Crippen molar-refractivity contribution in [1.82, 2.24) is 20.9 Å². The molecular weight excluding hydrogens is 658 g/mol. The van der Waals surface area contributed by atoms with Crippen molar-refractivity contribution in [3.8, 4) is 5.75 Å². The number of carbonyl (C=O) groups is 6. The van der Waals surface area contributed by atoms with Gasteiger partial charge in [0.15, 0.2) is 5.78 Å². The molecule has 1 aromatic carbocycles. The molecule has 0 spiro atoms. The van der Waals surface area contributed by atoms with Gasteiger partial charge < -0.3 is 48.3 Å². The number of hydrogen-bond acceptors (Lipinski definition) is 10. The summed E-state index contributed by atoms with van der Waals surface area (Å²) in [5, 5.41) is 27.8. The molecule has 0 aliphatic carbocycles. The predicted molar refractivity (Wildman–Crippen MR) is 192 cm³/mol. The number of benzene rings is 1. The lowest BCUT2D eigenvalue weighted by Crippen LogP contribution is -2.58. The summed E-state index contributed by atoms with van der Waals surface area (Å²) in [6.07, 6.45) is 5.99. The van der Waals surface area contributed by atoms with Crippen molar-refractivity contribution in [3.05, 3.63) is 42.0 Å². The molecule has 0 fully saturated rings. The van der Waals surface area contributed by atoms with E-state index in [1.807, 2.05) is 13.8 Å². The molecule has 1 aliphatic heterocycles. The number of rotatable bonds is 18. The Bertz CT molecular complexity index is 1340. The summed E-state index contributed by atoms with van der Waals surface area (Å²) >= 11 is 0. The van der Waals surface area contributed by atoms with Crippen LogP contribution in [0.5, 0.6) is 5.75 Å². The van der Waals surface area contributed by atoms with Gasteiger partial charge in [0.05, 0.1) is 18.5 Å². The Balaban J connectivity index is 2.48. The summed E-state index contributed by atoms with van der Waals surface area (Å²) in [7, 11) is 0. The summed E-state index contributed by atoms with van der Waals surface area (Å²) in [5.41, 5.74) is 18.0. The van der Waals surface area contributed by atoms with E-state index in [1.165, 1.54) is 17.0 Å². The highest BCUT2D eigenvalue weighted by Gasteiger charge is 2.33. The average molecular weight is 716 g/mol. The summed E-state index contributed by atoms with van der Waals surface area (Å²) in [6, 6.07) is 1.81. The maximum atomic E-state index is 14.3. The van der Waals surface area contributed by atoms with Crippen LogP contribution >= 0.6 is 0 Å². The van der Waals surface area contributed by atoms with Gasteiger partial charge in [-0.2, -0.15) is 0 Å². The molecule has 0 bridgehead atoms. The highest BCUT2D eigenvalue weighted by molar-refractivity contribution is 5.96. The third-order valence-electron chi connectivity index (χ3n) is 8.61. The zero-order chi connectivity index (χ0) is 37.9. The van der Waals surface area contributed by atoms with E-state index in [0.717, 1.165) is 0 Å². The standard InChI is InChI=1S/C36H57N7O8/c1-23(2)19-25(36(50)51)20-27(45)22-43(21-24-13-15-26(44)16-14-24)35(49)31-12-4-3-9-28(39)32(46)40-29(10-5-7-17-37)33(47)41-30(34(48)42-31)11-6-8-18-38/h3-4,13-16,23,25,28-31,44H,5-12,17-22,37-39H2,1-2H3,(H,40,46)(H,41,47)(H,42,48)(H,50,51)/t25-,28+,29+,30+,31+/m1/s1. The number of unbranched alkanes of at least 4 members (excludes halogenated alkanes) is 2. The molecular formula is C36H57N7O8. The number of aliphatic carboxylic acids is 1. The van der Waals surface area contributed by atoms with Crippen molar-refractivity contribution in [2.24, 2.45) is 29.0 Å². The fraction of sp³-hybridized carbons (Fsp3) is 0.611. The van der Waals surface area contributed by atoms with Crippen LogP contribution in [0.2, 0.25) is 0 Å². The number of ketones is 1. The number of Topliss-reactive ketones (excluding diaryl/α,β-unsaturated/α-hetero) is 1. The van der Waals surface area contributed by atoms with Crippen molar-refractivity contribution < 1.29 is 39.0 Å². The molecule has 51 heavy (non-hydrogen) atoms. The van der Waals surface area contributed by atoms with Crippen LogP contribution < -0.4 is 33.2 Å². The smallest absolute Gasteiger partial charge is 0.306 e. The third kappa shape index (κ3) is 15.6. The van der Waals surface area contributed by atoms with Gasteiger partial charge in [0, 0.05) is 13.0 Å². The molecule has 15 nitrogen and oxygen atoms in total. The molecule has 2 rings (SSSR count). The Labute approximate surface area is 300 Å². The van der Waals surface area contributed by atoms with Gasteiger partial charge in [0.2, 0.25) is 23.6 Å². The van der Waals surface area contributed by atoms with Crippen LogP contribution in [0.3, 0.4) is 0 Å². The van der Waals surface area contributed by atoms with Crippen LogP contribution in [-0.4, -0.2) is 94.3 Å². The van der Waals surface area contributed by atoms with Crippen LogP contribution in [0.4, 0.5) is 0 Å². The maximum Gasteiger partial charge on any atom is 0.306 e. The first kappa shape index (κ1) is 42.8. The summed E-state index contributed by atoms with van der Waals surface area (Å²) < 4.78 is 0. The normalized spacial score (nSPS) is 20.9. The number of carboxylic acids is 1. The van der Waals surface area contributed by atoms with Crippen molar-refractivity contribution >= 4 is 35.4 Å². The minimum atomic E-state index is -1.20. The number of carbonyl (C=O) groups excluding carboxylic acids is 5. The monoisotopic (exact) mass is 715 g/mol. The minimum absolute atomic E-state index is 0.00496. The molecule has 4 amide bonds. The lowest BCUT2D eigenvalue weighted by molar-refractivity contribution is -0.145. The first-order chi connectivity index (χ1) is 24.2. The van der Waals surface area contributed by atoms with Gasteiger partial charge in [-0.25, -0.2) is 0 Å². The largest absolute Gasteiger partial charge is 0.508 e. The Hall–Kier alpha value is -4.34. The van der Waals surface area contributed by atoms with E-state index >= 15 is 0 Å². The van der Waals surface area contributed by atoms with Crippen molar-refractivity contribution in [3.63, 3.8) is 0 Å².